The molecule has 0 heterocycles. The van der Waals surface area contributed by atoms with E-state index in [1.54, 1.807) is 0 Å². The molecule has 0 saturated heterocycles. The summed E-state index contributed by atoms with van der Waals surface area (Å²) in [4.78, 5) is 42.0. The van der Waals surface area contributed by atoms with Crippen molar-refractivity contribution in [1.29, 1.82) is 0 Å². The minimum atomic E-state index is -1.11. The molecule has 0 aromatic heterocycles. The van der Waals surface area contributed by atoms with Crippen molar-refractivity contribution >= 4 is 11.9 Å². The largest absolute Gasteiger partial charge is 0.478 e. The molecule has 128 valence electrons. The fraction of sp³-hybridized carbons (Fsp3) is 0.500. The third-order valence-electron chi connectivity index (χ3n) is 2.49. The fourth-order valence-electron chi connectivity index (χ4n) is 1.46. The molecule has 0 aliphatic carbocycles. The monoisotopic (exact) mass is 326 g/mol. The molecule has 1 N–H and O–H groups in total. The lowest BCUT2D eigenvalue weighted by Crippen LogP contribution is -2.19. The van der Waals surface area contributed by atoms with Crippen LogP contribution in [-0.2, 0) is 19.6 Å². The minimum absolute atomic E-state index is 0.00967. The number of unbranched alkanes of at least 4 members (excludes halogenated alkanes) is 1. The van der Waals surface area contributed by atoms with Crippen LogP contribution >= 0.6 is 0 Å². The third-order valence-corrected chi connectivity index (χ3v) is 2.49. The lowest BCUT2D eigenvalue weighted by molar-refractivity contribution is -0.349. The Hall–Kier alpha value is -1.96. The molecule has 0 fully saturated rings. The fourth-order valence-corrected chi connectivity index (χ4v) is 1.46. The van der Waals surface area contributed by atoms with Crippen LogP contribution in [-0.4, -0.2) is 35.9 Å². The summed E-state index contributed by atoms with van der Waals surface area (Å²) in [5, 5.41) is 8.85. The number of hydrogen-bond acceptors (Lipinski definition) is 6. The van der Waals surface area contributed by atoms with Gasteiger partial charge in [0, 0.05) is 0 Å². The number of carbonyl (C=O) groups is 2. The van der Waals surface area contributed by atoms with Crippen LogP contribution in [0.1, 0.15) is 54.3 Å². The van der Waals surface area contributed by atoms with Crippen LogP contribution in [0.25, 0.3) is 0 Å². The molecule has 1 aromatic rings. The van der Waals surface area contributed by atoms with Crippen molar-refractivity contribution in [3.63, 3.8) is 0 Å². The maximum Gasteiger partial charge on any atom is 0.373 e. The molecule has 1 rings (SSSR count). The van der Waals surface area contributed by atoms with Crippen LogP contribution in [0.2, 0.25) is 0 Å². The van der Waals surface area contributed by atoms with Crippen LogP contribution in [0.15, 0.2) is 24.3 Å². The molecule has 7 heteroatoms. The Morgan fingerprint density at radius 2 is 1.65 bits per heavy atom. The number of carboxylic acid groups (broad SMARTS) is 1. The van der Waals surface area contributed by atoms with Gasteiger partial charge in [0.25, 0.3) is 0 Å². The van der Waals surface area contributed by atoms with Crippen molar-refractivity contribution in [1.82, 2.24) is 0 Å². The number of hydrogen-bond donors (Lipinski definition) is 1. The first kappa shape index (κ1) is 19.1. The van der Waals surface area contributed by atoms with E-state index in [2.05, 4.69) is 4.89 Å². The summed E-state index contributed by atoms with van der Waals surface area (Å²) < 4.78 is 0. The van der Waals surface area contributed by atoms with Crippen molar-refractivity contribution in [3.8, 4) is 0 Å². The Morgan fingerprint density at radius 3 is 2.26 bits per heavy atom. The van der Waals surface area contributed by atoms with Crippen LogP contribution in [0, 0.1) is 0 Å². The van der Waals surface area contributed by atoms with Crippen molar-refractivity contribution in [3.05, 3.63) is 35.4 Å². The number of benzene rings is 1. The van der Waals surface area contributed by atoms with Gasteiger partial charge in [-0.15, -0.1) is 0 Å². The van der Waals surface area contributed by atoms with Gasteiger partial charge in [0.2, 0.25) is 0 Å². The molecule has 0 radical (unpaired) electrons. The molecule has 0 atom stereocenters. The first-order valence-corrected chi connectivity index (χ1v) is 7.27. The molecular weight excluding hydrogens is 304 g/mol. The summed E-state index contributed by atoms with van der Waals surface area (Å²) in [6.45, 7) is 6.28. The van der Waals surface area contributed by atoms with Gasteiger partial charge in [0.15, 0.2) is 0 Å². The van der Waals surface area contributed by atoms with E-state index in [9.17, 15) is 9.59 Å². The van der Waals surface area contributed by atoms with Gasteiger partial charge < -0.3 is 5.11 Å². The number of rotatable bonds is 9. The second kappa shape index (κ2) is 9.24. The average molecular weight is 326 g/mol. The highest BCUT2D eigenvalue weighted by molar-refractivity contribution is 5.94. The second-order valence-corrected chi connectivity index (χ2v) is 5.80. The zero-order chi connectivity index (χ0) is 17.3. The quantitative estimate of drug-likeness (QED) is 0.424. The van der Waals surface area contributed by atoms with Crippen molar-refractivity contribution in [2.24, 2.45) is 0 Å². The Bertz CT molecular complexity index is 519. The molecule has 1 aromatic carbocycles. The third kappa shape index (κ3) is 8.29. The van der Waals surface area contributed by atoms with E-state index in [1.807, 2.05) is 20.8 Å². The van der Waals surface area contributed by atoms with E-state index in [0.29, 0.717) is 19.4 Å². The van der Waals surface area contributed by atoms with Crippen molar-refractivity contribution < 1.29 is 34.2 Å². The topological polar surface area (TPSA) is 91.3 Å². The standard InChI is InChI=1S/C16H22O7/c1-16(2,3)23-21-10-5-4-9-20-22-15(19)13-8-6-7-12(11-13)14(17)18/h6-8,11H,4-5,9-10H2,1-3H3,(H,17,18). The molecule has 0 spiro atoms. The maximum absolute atomic E-state index is 11.7. The predicted octanol–water partition coefficient (Wildman–Crippen LogP) is 3.00. The van der Waals surface area contributed by atoms with E-state index in [-0.39, 0.29) is 23.3 Å². The van der Waals surface area contributed by atoms with Gasteiger partial charge in [-0.3, -0.25) is 4.89 Å². The zero-order valence-electron chi connectivity index (χ0n) is 13.5. The molecule has 0 bridgehead atoms. The summed E-state index contributed by atoms with van der Waals surface area (Å²) in [5.74, 6) is -1.85. The summed E-state index contributed by atoms with van der Waals surface area (Å²) in [6, 6.07) is 5.54. The maximum atomic E-state index is 11.7. The van der Waals surface area contributed by atoms with Gasteiger partial charge in [0.05, 0.1) is 29.9 Å². The van der Waals surface area contributed by atoms with Crippen LogP contribution < -0.4 is 0 Å². The summed E-state index contributed by atoms with van der Waals surface area (Å²) >= 11 is 0. The van der Waals surface area contributed by atoms with Gasteiger partial charge in [0.1, 0.15) is 0 Å². The van der Waals surface area contributed by atoms with Crippen LogP contribution in [0.4, 0.5) is 0 Å². The van der Waals surface area contributed by atoms with Gasteiger partial charge in [-0.25, -0.2) is 19.4 Å². The van der Waals surface area contributed by atoms with E-state index in [0.717, 1.165) is 0 Å². The molecule has 7 nitrogen and oxygen atoms in total. The normalized spacial score (nSPS) is 11.3. The molecule has 0 unspecified atom stereocenters. The Balaban J connectivity index is 2.17. The SMILES string of the molecule is CC(C)(C)OOCCCCOOC(=O)c1cccc(C(=O)O)c1. The minimum Gasteiger partial charge on any atom is -0.478 e. The lowest BCUT2D eigenvalue weighted by atomic mass is 10.1. The highest BCUT2D eigenvalue weighted by Gasteiger charge is 2.12. The number of carboxylic acids is 1. The second-order valence-electron chi connectivity index (χ2n) is 5.80. The van der Waals surface area contributed by atoms with E-state index < -0.39 is 11.9 Å². The Morgan fingerprint density at radius 1 is 1.04 bits per heavy atom. The zero-order valence-corrected chi connectivity index (χ0v) is 13.5. The average Bonchev–Trinajstić information content (AvgIpc) is 2.48. The Labute approximate surface area is 135 Å². The van der Waals surface area contributed by atoms with E-state index in [1.165, 1.54) is 24.3 Å². The summed E-state index contributed by atoms with van der Waals surface area (Å²) in [7, 11) is 0. The highest BCUT2D eigenvalue weighted by atomic mass is 17.2. The smallest absolute Gasteiger partial charge is 0.373 e. The highest BCUT2D eigenvalue weighted by Crippen LogP contribution is 2.09. The number of carbonyl (C=O) groups excluding carboxylic acids is 1. The first-order chi connectivity index (χ1) is 10.8. The van der Waals surface area contributed by atoms with Crippen LogP contribution in [0.5, 0.6) is 0 Å². The molecule has 23 heavy (non-hydrogen) atoms. The Kier molecular flexibility index (Phi) is 7.67. The molecular formula is C16H22O7. The molecule has 0 aliphatic rings. The van der Waals surface area contributed by atoms with Crippen LogP contribution in [0.3, 0.4) is 0 Å². The summed E-state index contributed by atoms with van der Waals surface area (Å²) in [6.07, 6.45) is 1.30. The van der Waals surface area contributed by atoms with Gasteiger partial charge in [-0.1, -0.05) is 6.07 Å². The van der Waals surface area contributed by atoms with Gasteiger partial charge >= 0.3 is 11.9 Å². The molecule has 0 aliphatic heterocycles. The molecule has 0 amide bonds. The number of aromatic carboxylic acids is 1. The predicted molar refractivity (Wildman–Crippen MR) is 80.8 cm³/mol. The first-order valence-electron chi connectivity index (χ1n) is 7.27. The van der Waals surface area contributed by atoms with Gasteiger partial charge in [-0.05, 0) is 51.8 Å². The van der Waals surface area contributed by atoms with Gasteiger partial charge in [-0.2, -0.15) is 4.89 Å². The van der Waals surface area contributed by atoms with E-state index in [4.69, 9.17) is 19.8 Å². The molecule has 0 saturated carbocycles. The lowest BCUT2D eigenvalue weighted by Gasteiger charge is -2.17. The van der Waals surface area contributed by atoms with E-state index >= 15 is 0 Å². The van der Waals surface area contributed by atoms with Crippen molar-refractivity contribution in [2.45, 2.75) is 39.2 Å². The summed E-state index contributed by atoms with van der Waals surface area (Å²) in [5.41, 5.74) is -0.224. The van der Waals surface area contributed by atoms with Crippen molar-refractivity contribution in [2.75, 3.05) is 13.2 Å².